The highest BCUT2D eigenvalue weighted by Crippen LogP contribution is 2.38. The Labute approximate surface area is 142 Å². The quantitative estimate of drug-likeness (QED) is 0.854. The maximum absolute atomic E-state index is 13.0. The fraction of sp³-hybridized carbons (Fsp3) is 0.529. The number of aliphatic carboxylic acids is 1. The van der Waals surface area contributed by atoms with Gasteiger partial charge in [0.25, 0.3) is 0 Å². The van der Waals surface area contributed by atoms with Crippen LogP contribution in [0.25, 0.3) is 0 Å². The van der Waals surface area contributed by atoms with Crippen LogP contribution in [0.15, 0.2) is 18.2 Å². The minimum Gasteiger partial charge on any atom is -0.481 e. The second kappa shape index (κ2) is 6.57. The largest absolute Gasteiger partial charge is 0.481 e. The maximum atomic E-state index is 13.0. The Morgan fingerprint density at radius 3 is 2.40 bits per heavy atom. The van der Waals surface area contributed by atoms with Gasteiger partial charge in [-0.1, -0.05) is 6.07 Å². The standard InChI is InChI=1S/C17H19F3N2O3/c18-17(19,20)14-9-22(8-13(14)15(23)24)16(25)21-12-6-5-10-3-1-2-4-11(10)7-12/h5-7,13-14H,1-4,8-9H2,(H,21,25)(H,23,24)/t13-,14-/m1/s1. The summed E-state index contributed by atoms with van der Waals surface area (Å²) in [6.45, 7) is -1.09. The van der Waals surface area contributed by atoms with E-state index < -0.39 is 43.1 Å². The van der Waals surface area contributed by atoms with Gasteiger partial charge >= 0.3 is 18.2 Å². The van der Waals surface area contributed by atoms with Gasteiger partial charge in [-0.2, -0.15) is 13.2 Å². The number of carbonyl (C=O) groups is 2. The van der Waals surface area contributed by atoms with Crippen molar-refractivity contribution >= 4 is 17.7 Å². The number of hydrogen-bond acceptors (Lipinski definition) is 2. The van der Waals surface area contributed by atoms with E-state index >= 15 is 0 Å². The molecular formula is C17H19F3N2O3. The van der Waals surface area contributed by atoms with Crippen LogP contribution in [-0.4, -0.2) is 41.3 Å². The third kappa shape index (κ3) is 3.72. The molecular weight excluding hydrogens is 337 g/mol. The topological polar surface area (TPSA) is 69.6 Å². The molecule has 136 valence electrons. The first-order valence-corrected chi connectivity index (χ1v) is 8.23. The molecule has 2 N–H and O–H groups in total. The first kappa shape index (κ1) is 17.6. The van der Waals surface area contributed by atoms with E-state index in [1.165, 1.54) is 5.56 Å². The lowest BCUT2D eigenvalue weighted by Crippen LogP contribution is -2.35. The van der Waals surface area contributed by atoms with E-state index in [2.05, 4.69) is 5.32 Å². The van der Waals surface area contributed by atoms with Gasteiger partial charge in [0.2, 0.25) is 0 Å². The van der Waals surface area contributed by atoms with Gasteiger partial charge in [0.1, 0.15) is 0 Å². The highest BCUT2D eigenvalue weighted by Gasteiger charge is 2.53. The molecule has 1 aliphatic heterocycles. The Morgan fingerprint density at radius 1 is 1.12 bits per heavy atom. The summed E-state index contributed by atoms with van der Waals surface area (Å²) in [6.07, 6.45) is -0.543. The summed E-state index contributed by atoms with van der Waals surface area (Å²) in [7, 11) is 0. The molecule has 3 rings (SSSR count). The van der Waals surface area contributed by atoms with Gasteiger partial charge in [-0.05, 0) is 48.9 Å². The molecule has 1 aliphatic carbocycles. The van der Waals surface area contributed by atoms with Gasteiger partial charge in [0.05, 0.1) is 11.8 Å². The molecule has 0 bridgehead atoms. The molecule has 0 radical (unpaired) electrons. The zero-order chi connectivity index (χ0) is 18.2. The minimum atomic E-state index is -4.65. The van der Waals surface area contributed by atoms with E-state index in [4.69, 9.17) is 5.11 Å². The number of carboxylic acid groups (broad SMARTS) is 1. The van der Waals surface area contributed by atoms with Crippen LogP contribution in [-0.2, 0) is 17.6 Å². The Balaban J connectivity index is 1.70. The van der Waals surface area contributed by atoms with Crippen LogP contribution in [0.2, 0.25) is 0 Å². The van der Waals surface area contributed by atoms with E-state index in [0.717, 1.165) is 36.1 Å². The first-order chi connectivity index (χ1) is 11.8. The third-order valence-corrected chi connectivity index (χ3v) is 4.94. The fourth-order valence-electron chi connectivity index (χ4n) is 3.57. The molecule has 1 fully saturated rings. The van der Waals surface area contributed by atoms with E-state index in [1.54, 1.807) is 6.07 Å². The van der Waals surface area contributed by atoms with Crippen molar-refractivity contribution in [2.75, 3.05) is 18.4 Å². The number of hydrogen-bond donors (Lipinski definition) is 2. The molecule has 1 saturated heterocycles. The van der Waals surface area contributed by atoms with Crippen molar-refractivity contribution in [1.29, 1.82) is 0 Å². The first-order valence-electron chi connectivity index (χ1n) is 8.23. The summed E-state index contributed by atoms with van der Waals surface area (Å²) < 4.78 is 39.0. The van der Waals surface area contributed by atoms with Crippen LogP contribution in [0.5, 0.6) is 0 Å². The molecule has 2 atom stereocenters. The fourth-order valence-corrected chi connectivity index (χ4v) is 3.57. The second-order valence-electron chi connectivity index (χ2n) is 6.62. The Kier molecular flexibility index (Phi) is 4.62. The summed E-state index contributed by atoms with van der Waals surface area (Å²) in [5.74, 6) is -5.21. The van der Waals surface area contributed by atoms with Crippen LogP contribution >= 0.6 is 0 Å². The molecule has 1 aromatic rings. The number of anilines is 1. The molecule has 5 nitrogen and oxygen atoms in total. The lowest BCUT2D eigenvalue weighted by atomic mass is 9.91. The molecule has 8 heteroatoms. The number of likely N-dealkylation sites (tertiary alicyclic amines) is 1. The van der Waals surface area contributed by atoms with Crippen molar-refractivity contribution < 1.29 is 27.9 Å². The summed E-state index contributed by atoms with van der Waals surface area (Å²) in [4.78, 5) is 24.3. The lowest BCUT2D eigenvalue weighted by Gasteiger charge is -2.20. The molecule has 0 aromatic heterocycles. The van der Waals surface area contributed by atoms with E-state index in [0.29, 0.717) is 5.69 Å². The number of amides is 2. The van der Waals surface area contributed by atoms with Gasteiger partial charge in [-0.25, -0.2) is 4.79 Å². The highest BCUT2D eigenvalue weighted by atomic mass is 19.4. The number of carboxylic acids is 1. The molecule has 1 heterocycles. The zero-order valence-corrected chi connectivity index (χ0v) is 13.5. The summed E-state index contributed by atoms with van der Waals surface area (Å²) in [6, 6.07) is 4.80. The van der Waals surface area contributed by atoms with Gasteiger partial charge in [-0.3, -0.25) is 4.79 Å². The molecule has 0 saturated carbocycles. The molecule has 25 heavy (non-hydrogen) atoms. The van der Waals surface area contributed by atoms with E-state index in [1.807, 2.05) is 12.1 Å². The van der Waals surface area contributed by atoms with Crippen LogP contribution in [0.1, 0.15) is 24.0 Å². The predicted molar refractivity (Wildman–Crippen MR) is 84.3 cm³/mol. The molecule has 0 unspecified atom stereocenters. The number of aryl methyl sites for hydroxylation is 2. The van der Waals surface area contributed by atoms with Crippen molar-refractivity contribution in [3.8, 4) is 0 Å². The number of rotatable bonds is 2. The lowest BCUT2D eigenvalue weighted by molar-refractivity contribution is -0.187. The van der Waals surface area contributed by atoms with Crippen LogP contribution in [0.3, 0.4) is 0 Å². The van der Waals surface area contributed by atoms with Gasteiger partial charge < -0.3 is 15.3 Å². The highest BCUT2D eigenvalue weighted by molar-refractivity contribution is 5.90. The van der Waals surface area contributed by atoms with E-state index in [-0.39, 0.29) is 0 Å². The number of nitrogens with one attached hydrogen (secondary N) is 1. The average Bonchev–Trinajstić information content (AvgIpc) is 3.01. The van der Waals surface area contributed by atoms with Gasteiger partial charge in [0.15, 0.2) is 0 Å². The van der Waals surface area contributed by atoms with Gasteiger partial charge in [0, 0.05) is 18.8 Å². The SMILES string of the molecule is O=C(O)[C@@H]1CN(C(=O)Nc2ccc3c(c2)CCCC3)C[C@H]1C(F)(F)F. The maximum Gasteiger partial charge on any atom is 0.394 e. The zero-order valence-electron chi connectivity index (χ0n) is 13.5. The monoisotopic (exact) mass is 356 g/mol. The Morgan fingerprint density at radius 2 is 1.80 bits per heavy atom. The van der Waals surface area contributed by atoms with Crippen molar-refractivity contribution in [2.24, 2.45) is 11.8 Å². The van der Waals surface area contributed by atoms with Crippen LogP contribution in [0, 0.1) is 11.8 Å². The Bertz CT molecular complexity index is 690. The van der Waals surface area contributed by atoms with Crippen molar-refractivity contribution in [2.45, 2.75) is 31.9 Å². The molecule has 0 spiro atoms. The average molecular weight is 356 g/mol. The number of alkyl halides is 3. The number of fused-ring (bicyclic) bond motifs is 1. The predicted octanol–water partition coefficient (Wildman–Crippen LogP) is 3.29. The van der Waals surface area contributed by atoms with Crippen LogP contribution < -0.4 is 5.32 Å². The smallest absolute Gasteiger partial charge is 0.394 e. The molecule has 1 aromatic carbocycles. The number of nitrogens with zero attached hydrogens (tertiary/aromatic N) is 1. The van der Waals surface area contributed by atoms with Gasteiger partial charge in [-0.15, -0.1) is 0 Å². The number of benzene rings is 1. The van der Waals surface area contributed by atoms with E-state index in [9.17, 15) is 22.8 Å². The Hall–Kier alpha value is -2.25. The summed E-state index contributed by atoms with van der Waals surface area (Å²) in [5.41, 5.74) is 2.89. The van der Waals surface area contributed by atoms with Crippen LogP contribution in [0.4, 0.5) is 23.7 Å². The van der Waals surface area contributed by atoms with Crippen molar-refractivity contribution in [3.05, 3.63) is 29.3 Å². The summed E-state index contributed by atoms with van der Waals surface area (Å²) in [5, 5.41) is 11.6. The number of urea groups is 1. The summed E-state index contributed by atoms with van der Waals surface area (Å²) >= 11 is 0. The number of halogens is 3. The molecule has 2 aliphatic rings. The normalized spacial score (nSPS) is 23.2. The third-order valence-electron chi connectivity index (χ3n) is 4.94. The second-order valence-corrected chi connectivity index (χ2v) is 6.62. The van der Waals surface area contributed by atoms with Crippen molar-refractivity contribution in [1.82, 2.24) is 4.90 Å². The number of carbonyl (C=O) groups excluding carboxylic acids is 1. The van der Waals surface area contributed by atoms with Crippen molar-refractivity contribution in [3.63, 3.8) is 0 Å². The molecule has 2 amide bonds. The minimum absolute atomic E-state index is 0.448.